The van der Waals surface area contributed by atoms with Crippen LogP contribution in [0.25, 0.3) is 11.0 Å². The highest BCUT2D eigenvalue weighted by atomic mass is 16.5. The van der Waals surface area contributed by atoms with Crippen molar-refractivity contribution in [3.05, 3.63) is 54.4 Å². The van der Waals surface area contributed by atoms with Crippen LogP contribution < -0.4 is 14.8 Å². The van der Waals surface area contributed by atoms with E-state index in [4.69, 9.17) is 14.5 Å². The molecular weight excluding hydrogens is 342 g/mol. The largest absolute Gasteiger partial charge is 0.494 e. The smallest absolute Gasteiger partial charge is 0.217 e. The van der Waals surface area contributed by atoms with Crippen LogP contribution in [0.4, 0.5) is 0 Å². The minimum absolute atomic E-state index is 0.0771. The molecular formula is C21H25N3O3. The number of amides is 1. The highest BCUT2D eigenvalue weighted by Gasteiger charge is 2.17. The number of nitrogens with zero attached hydrogens (tertiary/aromatic N) is 2. The van der Waals surface area contributed by atoms with E-state index in [2.05, 4.69) is 9.88 Å². The molecule has 0 bridgehead atoms. The lowest BCUT2D eigenvalue weighted by atomic mass is 10.3. The minimum Gasteiger partial charge on any atom is -0.494 e. The number of hydrogen-bond donors (Lipinski definition) is 1. The quantitative estimate of drug-likeness (QED) is 0.659. The zero-order chi connectivity index (χ0) is 19.2. The topological polar surface area (TPSA) is 65.4 Å². The van der Waals surface area contributed by atoms with E-state index in [0.29, 0.717) is 19.8 Å². The molecule has 0 saturated carbocycles. The summed E-state index contributed by atoms with van der Waals surface area (Å²) in [5, 5.41) is 2.91. The molecule has 0 saturated heterocycles. The molecule has 3 rings (SSSR count). The van der Waals surface area contributed by atoms with Crippen LogP contribution in [-0.2, 0) is 11.3 Å². The second-order valence-electron chi connectivity index (χ2n) is 6.29. The molecule has 0 spiro atoms. The normalized spacial score (nSPS) is 12.0. The summed E-state index contributed by atoms with van der Waals surface area (Å²) in [5.41, 5.74) is 1.94. The Morgan fingerprint density at radius 3 is 2.44 bits per heavy atom. The summed E-state index contributed by atoms with van der Waals surface area (Å²) >= 11 is 0. The summed E-state index contributed by atoms with van der Waals surface area (Å²) in [6, 6.07) is 15.4. The third-order valence-electron chi connectivity index (χ3n) is 4.21. The fourth-order valence-electron chi connectivity index (χ4n) is 3.08. The SMILES string of the molecule is CCOc1ccc(OCCn2c([C@H](C)NC(C)=O)nc3ccccc32)cc1. The van der Waals surface area contributed by atoms with Gasteiger partial charge in [-0.25, -0.2) is 4.98 Å². The van der Waals surface area contributed by atoms with E-state index < -0.39 is 0 Å². The fourth-order valence-corrected chi connectivity index (χ4v) is 3.08. The summed E-state index contributed by atoms with van der Waals surface area (Å²) in [7, 11) is 0. The van der Waals surface area contributed by atoms with Gasteiger partial charge in [-0.05, 0) is 50.2 Å². The van der Waals surface area contributed by atoms with Crippen molar-refractivity contribution >= 4 is 16.9 Å². The first-order valence-electron chi connectivity index (χ1n) is 9.16. The van der Waals surface area contributed by atoms with Gasteiger partial charge >= 0.3 is 0 Å². The Morgan fingerprint density at radius 2 is 1.78 bits per heavy atom. The molecule has 1 aromatic heterocycles. The standard InChI is InChI=1S/C21H25N3O3/c1-4-26-17-9-11-18(12-10-17)27-14-13-24-20-8-6-5-7-19(20)23-21(24)15(2)22-16(3)25/h5-12,15H,4,13-14H2,1-3H3,(H,22,25)/t15-/m0/s1. The highest BCUT2D eigenvalue weighted by molar-refractivity contribution is 5.77. The summed E-state index contributed by atoms with van der Waals surface area (Å²) in [6.07, 6.45) is 0. The predicted octanol–water partition coefficient (Wildman–Crippen LogP) is 3.71. The first-order valence-corrected chi connectivity index (χ1v) is 9.16. The van der Waals surface area contributed by atoms with Crippen molar-refractivity contribution in [3.8, 4) is 11.5 Å². The van der Waals surface area contributed by atoms with Crippen LogP contribution in [0, 0.1) is 0 Å². The van der Waals surface area contributed by atoms with E-state index in [-0.39, 0.29) is 11.9 Å². The lowest BCUT2D eigenvalue weighted by molar-refractivity contribution is -0.119. The van der Waals surface area contributed by atoms with Gasteiger partial charge in [-0.3, -0.25) is 4.79 Å². The molecule has 6 nitrogen and oxygen atoms in total. The molecule has 0 aliphatic carbocycles. The summed E-state index contributed by atoms with van der Waals surface area (Å²) < 4.78 is 13.4. The van der Waals surface area contributed by atoms with Gasteiger partial charge in [0.05, 0.1) is 30.2 Å². The maximum absolute atomic E-state index is 11.4. The Labute approximate surface area is 159 Å². The summed E-state index contributed by atoms with van der Waals surface area (Å²) in [6.45, 7) is 7.18. The van der Waals surface area contributed by atoms with Crippen molar-refractivity contribution in [1.29, 1.82) is 0 Å². The van der Waals surface area contributed by atoms with Gasteiger partial charge in [0.2, 0.25) is 5.91 Å². The fraction of sp³-hybridized carbons (Fsp3) is 0.333. The van der Waals surface area contributed by atoms with Gasteiger partial charge in [-0.15, -0.1) is 0 Å². The number of rotatable bonds is 8. The second kappa shape index (κ2) is 8.58. The molecule has 2 aromatic carbocycles. The van der Waals surface area contributed by atoms with Crippen LogP contribution in [0.3, 0.4) is 0 Å². The molecule has 1 heterocycles. The molecule has 0 radical (unpaired) electrons. The number of para-hydroxylation sites is 2. The van der Waals surface area contributed by atoms with E-state index in [9.17, 15) is 4.79 Å². The zero-order valence-electron chi connectivity index (χ0n) is 15.9. The molecule has 1 amide bonds. The van der Waals surface area contributed by atoms with E-state index in [1.807, 2.05) is 62.4 Å². The molecule has 6 heteroatoms. The van der Waals surface area contributed by atoms with Gasteiger partial charge in [0.25, 0.3) is 0 Å². The van der Waals surface area contributed by atoms with Crippen LogP contribution in [0.15, 0.2) is 48.5 Å². The van der Waals surface area contributed by atoms with Crippen molar-refractivity contribution in [2.75, 3.05) is 13.2 Å². The Hall–Kier alpha value is -3.02. The van der Waals surface area contributed by atoms with Crippen LogP contribution >= 0.6 is 0 Å². The average Bonchev–Trinajstić information content (AvgIpc) is 3.02. The molecule has 1 N–H and O–H groups in total. The predicted molar refractivity (Wildman–Crippen MR) is 105 cm³/mol. The molecule has 0 unspecified atom stereocenters. The van der Waals surface area contributed by atoms with Gasteiger partial charge in [-0.1, -0.05) is 12.1 Å². The number of benzene rings is 2. The van der Waals surface area contributed by atoms with Gasteiger partial charge in [-0.2, -0.15) is 0 Å². The van der Waals surface area contributed by atoms with Gasteiger partial charge in [0.15, 0.2) is 0 Å². The maximum Gasteiger partial charge on any atom is 0.217 e. The van der Waals surface area contributed by atoms with Crippen molar-refractivity contribution < 1.29 is 14.3 Å². The molecule has 0 aliphatic heterocycles. The molecule has 27 heavy (non-hydrogen) atoms. The Kier molecular flexibility index (Phi) is 5.96. The van der Waals surface area contributed by atoms with Crippen molar-refractivity contribution in [2.45, 2.75) is 33.4 Å². The lowest BCUT2D eigenvalue weighted by Crippen LogP contribution is -2.27. The number of carbonyl (C=O) groups is 1. The van der Waals surface area contributed by atoms with Crippen LogP contribution in [0.5, 0.6) is 11.5 Å². The zero-order valence-corrected chi connectivity index (χ0v) is 15.9. The van der Waals surface area contributed by atoms with Crippen LogP contribution in [-0.4, -0.2) is 28.7 Å². The highest BCUT2D eigenvalue weighted by Crippen LogP contribution is 2.22. The molecule has 0 aliphatic rings. The Bertz CT molecular complexity index is 903. The number of carbonyl (C=O) groups excluding carboxylic acids is 1. The first-order chi connectivity index (χ1) is 13.1. The Morgan fingerprint density at radius 1 is 1.11 bits per heavy atom. The third-order valence-corrected chi connectivity index (χ3v) is 4.21. The number of ether oxygens (including phenoxy) is 2. The maximum atomic E-state index is 11.4. The number of imidazole rings is 1. The number of nitrogens with one attached hydrogen (secondary N) is 1. The van der Waals surface area contributed by atoms with Crippen molar-refractivity contribution in [3.63, 3.8) is 0 Å². The van der Waals surface area contributed by atoms with E-state index in [1.54, 1.807) is 0 Å². The van der Waals surface area contributed by atoms with Gasteiger partial charge in [0.1, 0.15) is 23.9 Å². The van der Waals surface area contributed by atoms with E-state index in [1.165, 1.54) is 6.92 Å². The van der Waals surface area contributed by atoms with Crippen LogP contribution in [0.1, 0.15) is 32.6 Å². The average molecular weight is 367 g/mol. The minimum atomic E-state index is -0.180. The summed E-state index contributed by atoms with van der Waals surface area (Å²) in [5.74, 6) is 2.37. The number of hydrogen-bond acceptors (Lipinski definition) is 4. The second-order valence-corrected chi connectivity index (χ2v) is 6.29. The molecule has 1 atom stereocenters. The number of aromatic nitrogens is 2. The molecule has 3 aromatic rings. The van der Waals surface area contributed by atoms with Crippen LogP contribution in [0.2, 0.25) is 0 Å². The van der Waals surface area contributed by atoms with Gasteiger partial charge in [0, 0.05) is 6.92 Å². The summed E-state index contributed by atoms with van der Waals surface area (Å²) in [4.78, 5) is 16.1. The Balaban J connectivity index is 1.74. The molecule has 0 fully saturated rings. The molecule has 142 valence electrons. The first kappa shape index (κ1) is 18.8. The van der Waals surface area contributed by atoms with E-state index in [0.717, 1.165) is 28.4 Å². The lowest BCUT2D eigenvalue weighted by Gasteiger charge is -2.16. The third kappa shape index (κ3) is 4.58. The number of fused-ring (bicyclic) bond motifs is 1. The van der Waals surface area contributed by atoms with E-state index >= 15 is 0 Å². The van der Waals surface area contributed by atoms with Crippen molar-refractivity contribution in [2.24, 2.45) is 0 Å². The monoisotopic (exact) mass is 367 g/mol. The van der Waals surface area contributed by atoms with Crippen molar-refractivity contribution in [1.82, 2.24) is 14.9 Å². The van der Waals surface area contributed by atoms with Gasteiger partial charge < -0.3 is 19.4 Å².